The van der Waals surface area contributed by atoms with Crippen LogP contribution in [0.15, 0.2) is 41.9 Å². The number of fused-ring (bicyclic) bond motifs is 2. The maximum atomic E-state index is 12.3. The van der Waals surface area contributed by atoms with Crippen LogP contribution < -0.4 is 5.32 Å². The van der Waals surface area contributed by atoms with Gasteiger partial charge >= 0.3 is 0 Å². The van der Waals surface area contributed by atoms with Gasteiger partial charge in [0.1, 0.15) is 6.54 Å². The second kappa shape index (κ2) is 9.11. The molecule has 5 nitrogen and oxygen atoms in total. The molecule has 29 heavy (non-hydrogen) atoms. The molecule has 1 atom stereocenters. The molecule has 1 N–H and O–H groups in total. The number of nitrogens with zero attached hydrogens (tertiary/aromatic N) is 2. The molecule has 0 bridgehead atoms. The minimum Gasteiger partial charge on any atom is -0.383 e. The minimum atomic E-state index is 0.0154. The number of amides is 1. The van der Waals surface area contributed by atoms with Crippen molar-refractivity contribution in [2.24, 2.45) is 0 Å². The first kappa shape index (κ1) is 20.1. The summed E-state index contributed by atoms with van der Waals surface area (Å²) in [5, 5.41) is 6.38. The SMILES string of the molecule is CCC1c2ccsc2CCN1Cc1cn(CC(=O)NCCOC)c2ccccc12. The first-order chi connectivity index (χ1) is 14.2. The predicted molar refractivity (Wildman–Crippen MR) is 118 cm³/mol. The Kier molecular flexibility index (Phi) is 6.33. The zero-order chi connectivity index (χ0) is 20.2. The number of rotatable bonds is 8. The molecule has 0 aliphatic carbocycles. The lowest BCUT2D eigenvalue weighted by molar-refractivity contribution is -0.121. The number of carbonyl (C=O) groups is 1. The van der Waals surface area contributed by atoms with Crippen molar-refractivity contribution >= 4 is 28.1 Å². The van der Waals surface area contributed by atoms with Crippen LogP contribution in [0.1, 0.15) is 35.4 Å². The van der Waals surface area contributed by atoms with Crippen molar-refractivity contribution in [3.63, 3.8) is 0 Å². The summed E-state index contributed by atoms with van der Waals surface area (Å²) in [7, 11) is 1.64. The van der Waals surface area contributed by atoms with Gasteiger partial charge in [0.2, 0.25) is 5.91 Å². The van der Waals surface area contributed by atoms with Crippen LogP contribution in [0.25, 0.3) is 10.9 Å². The number of para-hydroxylation sites is 1. The highest BCUT2D eigenvalue weighted by Gasteiger charge is 2.27. The summed E-state index contributed by atoms with van der Waals surface area (Å²) in [5.74, 6) is 0.0154. The van der Waals surface area contributed by atoms with Crippen LogP contribution in [0.4, 0.5) is 0 Å². The van der Waals surface area contributed by atoms with E-state index in [0.717, 1.165) is 31.4 Å². The van der Waals surface area contributed by atoms with E-state index >= 15 is 0 Å². The predicted octanol–water partition coefficient (Wildman–Crippen LogP) is 3.97. The van der Waals surface area contributed by atoms with Crippen molar-refractivity contribution < 1.29 is 9.53 Å². The van der Waals surface area contributed by atoms with Gasteiger partial charge in [0.05, 0.1) is 6.61 Å². The average Bonchev–Trinajstić information content (AvgIpc) is 3.34. The molecule has 0 fully saturated rings. The highest BCUT2D eigenvalue weighted by Crippen LogP contribution is 2.36. The van der Waals surface area contributed by atoms with Crippen molar-refractivity contribution in [3.05, 3.63) is 57.9 Å². The molecular formula is C23H29N3O2S. The molecule has 1 aliphatic heterocycles. The van der Waals surface area contributed by atoms with E-state index in [1.54, 1.807) is 12.0 Å². The Morgan fingerprint density at radius 1 is 1.31 bits per heavy atom. The number of hydrogen-bond acceptors (Lipinski definition) is 4. The van der Waals surface area contributed by atoms with E-state index in [9.17, 15) is 4.79 Å². The molecule has 154 valence electrons. The summed E-state index contributed by atoms with van der Waals surface area (Å²) in [6, 6.07) is 11.2. The third kappa shape index (κ3) is 4.25. The summed E-state index contributed by atoms with van der Waals surface area (Å²) in [6.07, 6.45) is 4.41. The van der Waals surface area contributed by atoms with Gasteiger partial charge < -0.3 is 14.6 Å². The number of benzene rings is 1. The molecule has 3 heterocycles. The summed E-state index contributed by atoms with van der Waals surface area (Å²) < 4.78 is 7.09. The smallest absolute Gasteiger partial charge is 0.240 e. The zero-order valence-electron chi connectivity index (χ0n) is 17.2. The Balaban J connectivity index is 1.56. The number of carbonyl (C=O) groups excluding carboxylic acids is 1. The van der Waals surface area contributed by atoms with Crippen LogP contribution in [0.3, 0.4) is 0 Å². The molecule has 6 heteroatoms. The number of ether oxygens (including phenoxy) is 1. The topological polar surface area (TPSA) is 46.5 Å². The van der Waals surface area contributed by atoms with E-state index < -0.39 is 0 Å². The Labute approximate surface area is 176 Å². The highest BCUT2D eigenvalue weighted by atomic mass is 32.1. The Morgan fingerprint density at radius 3 is 3.00 bits per heavy atom. The van der Waals surface area contributed by atoms with E-state index in [1.807, 2.05) is 17.4 Å². The first-order valence-corrected chi connectivity index (χ1v) is 11.2. The van der Waals surface area contributed by atoms with Crippen LogP contribution in [0, 0.1) is 0 Å². The standard InChI is InChI=1S/C23H29N3O2S/c1-3-20-19-9-13-29-22(19)8-11-25(20)14-17-15-26(16-23(27)24-10-12-28-2)21-7-5-4-6-18(17)21/h4-7,9,13,15,20H,3,8,10-12,14,16H2,1-2H3,(H,24,27). The third-order valence-electron chi connectivity index (χ3n) is 5.78. The Morgan fingerprint density at radius 2 is 2.17 bits per heavy atom. The van der Waals surface area contributed by atoms with Crippen molar-refractivity contribution in [1.82, 2.24) is 14.8 Å². The average molecular weight is 412 g/mol. The van der Waals surface area contributed by atoms with E-state index in [1.165, 1.54) is 16.5 Å². The second-order valence-corrected chi connectivity index (χ2v) is 8.59. The van der Waals surface area contributed by atoms with Gasteiger partial charge in [-0.2, -0.15) is 0 Å². The molecule has 1 aromatic carbocycles. The van der Waals surface area contributed by atoms with E-state index in [4.69, 9.17) is 4.74 Å². The number of hydrogen-bond donors (Lipinski definition) is 1. The lowest BCUT2D eigenvalue weighted by Crippen LogP contribution is -2.33. The lowest BCUT2D eigenvalue weighted by atomic mass is 9.97. The van der Waals surface area contributed by atoms with Crippen molar-refractivity contribution in [2.75, 3.05) is 26.8 Å². The lowest BCUT2D eigenvalue weighted by Gasteiger charge is -2.35. The fraction of sp³-hybridized carbons (Fsp3) is 0.435. The second-order valence-electron chi connectivity index (χ2n) is 7.59. The van der Waals surface area contributed by atoms with Gasteiger partial charge in [0.15, 0.2) is 0 Å². The molecule has 1 aliphatic rings. The maximum absolute atomic E-state index is 12.3. The van der Waals surface area contributed by atoms with Crippen LogP contribution in [0.2, 0.25) is 0 Å². The van der Waals surface area contributed by atoms with Crippen molar-refractivity contribution in [2.45, 2.75) is 38.9 Å². The fourth-order valence-electron chi connectivity index (χ4n) is 4.42. The molecular weight excluding hydrogens is 382 g/mol. The molecule has 0 saturated heterocycles. The summed E-state index contributed by atoms with van der Waals surface area (Å²) >= 11 is 1.89. The molecule has 3 aromatic rings. The number of aromatic nitrogens is 1. The van der Waals surface area contributed by atoms with Crippen LogP contribution in [-0.4, -0.2) is 42.2 Å². The highest BCUT2D eigenvalue weighted by molar-refractivity contribution is 7.10. The van der Waals surface area contributed by atoms with Gasteiger partial charge in [-0.25, -0.2) is 0 Å². The normalized spacial score (nSPS) is 16.8. The fourth-order valence-corrected chi connectivity index (χ4v) is 5.35. The molecule has 0 spiro atoms. The molecule has 1 unspecified atom stereocenters. The van der Waals surface area contributed by atoms with Gasteiger partial charge in [0, 0.05) is 54.8 Å². The van der Waals surface area contributed by atoms with E-state index in [0.29, 0.717) is 25.7 Å². The summed E-state index contributed by atoms with van der Waals surface area (Å²) in [5.41, 5.74) is 3.91. The number of nitrogens with one attached hydrogen (secondary N) is 1. The largest absolute Gasteiger partial charge is 0.383 e. The number of methoxy groups -OCH3 is 1. The van der Waals surface area contributed by atoms with Gasteiger partial charge in [-0.1, -0.05) is 25.1 Å². The molecule has 0 radical (unpaired) electrons. The van der Waals surface area contributed by atoms with Gasteiger partial charge in [0.25, 0.3) is 0 Å². The van der Waals surface area contributed by atoms with Crippen LogP contribution in [0.5, 0.6) is 0 Å². The van der Waals surface area contributed by atoms with Crippen LogP contribution >= 0.6 is 11.3 Å². The Hall–Kier alpha value is -2.15. The first-order valence-electron chi connectivity index (χ1n) is 10.3. The third-order valence-corrected chi connectivity index (χ3v) is 6.78. The van der Waals surface area contributed by atoms with E-state index in [2.05, 4.69) is 57.5 Å². The van der Waals surface area contributed by atoms with E-state index in [-0.39, 0.29) is 5.91 Å². The zero-order valence-corrected chi connectivity index (χ0v) is 18.0. The van der Waals surface area contributed by atoms with Gasteiger partial charge in [-0.3, -0.25) is 9.69 Å². The molecule has 1 amide bonds. The monoisotopic (exact) mass is 411 g/mol. The van der Waals surface area contributed by atoms with Crippen LogP contribution in [-0.2, 0) is 29.0 Å². The Bertz CT molecular complexity index is 978. The maximum Gasteiger partial charge on any atom is 0.240 e. The van der Waals surface area contributed by atoms with Crippen molar-refractivity contribution in [3.8, 4) is 0 Å². The molecule has 4 rings (SSSR count). The summed E-state index contributed by atoms with van der Waals surface area (Å²) in [6.45, 7) is 5.67. The summed E-state index contributed by atoms with van der Waals surface area (Å²) in [4.78, 5) is 16.5. The van der Waals surface area contributed by atoms with Gasteiger partial charge in [-0.15, -0.1) is 11.3 Å². The molecule has 2 aromatic heterocycles. The van der Waals surface area contributed by atoms with Crippen molar-refractivity contribution in [1.29, 1.82) is 0 Å². The van der Waals surface area contributed by atoms with Gasteiger partial charge in [-0.05, 0) is 41.5 Å². The number of thiophene rings is 1. The minimum absolute atomic E-state index is 0.0154. The molecule has 0 saturated carbocycles. The quantitative estimate of drug-likeness (QED) is 0.571.